The summed E-state index contributed by atoms with van der Waals surface area (Å²) in [6, 6.07) is 0. The second-order valence-electron chi connectivity index (χ2n) is 3.93. The van der Waals surface area contributed by atoms with E-state index in [1.807, 2.05) is 6.92 Å². The van der Waals surface area contributed by atoms with Crippen LogP contribution in [0, 0.1) is 11.8 Å². The quantitative estimate of drug-likeness (QED) is 0.484. The normalized spacial score (nSPS) is 33.9. The Morgan fingerprint density at radius 2 is 1.85 bits per heavy atom. The largest absolute Gasteiger partial charge is 0.459 e. The van der Waals surface area contributed by atoms with Gasteiger partial charge in [0.15, 0.2) is 0 Å². The molecule has 0 radical (unpaired) electrons. The van der Waals surface area contributed by atoms with Crippen molar-refractivity contribution in [2.45, 2.75) is 39.7 Å². The van der Waals surface area contributed by atoms with Crippen LogP contribution in [0.3, 0.4) is 0 Å². The highest BCUT2D eigenvalue weighted by Gasteiger charge is 2.32. The minimum Gasteiger partial charge on any atom is -0.459 e. The van der Waals surface area contributed by atoms with Gasteiger partial charge < -0.3 is 4.74 Å². The van der Waals surface area contributed by atoms with E-state index in [1.54, 1.807) is 6.08 Å². The maximum Gasteiger partial charge on any atom is 0.330 e. The van der Waals surface area contributed by atoms with Crippen molar-refractivity contribution >= 4 is 5.97 Å². The van der Waals surface area contributed by atoms with E-state index in [9.17, 15) is 4.79 Å². The van der Waals surface area contributed by atoms with Crippen LogP contribution in [0.1, 0.15) is 33.6 Å². The van der Waals surface area contributed by atoms with Crippen molar-refractivity contribution in [3.05, 3.63) is 12.2 Å². The van der Waals surface area contributed by atoms with Crippen molar-refractivity contribution in [2.24, 2.45) is 11.8 Å². The van der Waals surface area contributed by atoms with Gasteiger partial charge in [-0.25, -0.2) is 4.79 Å². The van der Waals surface area contributed by atoms with E-state index in [-0.39, 0.29) is 12.1 Å². The van der Waals surface area contributed by atoms with Crippen LogP contribution in [0.25, 0.3) is 0 Å². The molecule has 2 atom stereocenters. The summed E-state index contributed by atoms with van der Waals surface area (Å²) in [5.41, 5.74) is 0. The maximum atomic E-state index is 11.2. The van der Waals surface area contributed by atoms with Crippen LogP contribution in [0.2, 0.25) is 0 Å². The van der Waals surface area contributed by atoms with Gasteiger partial charge >= 0.3 is 5.97 Å². The minimum atomic E-state index is -0.201. The van der Waals surface area contributed by atoms with E-state index in [4.69, 9.17) is 4.74 Å². The molecule has 0 aromatic carbocycles. The van der Waals surface area contributed by atoms with Crippen molar-refractivity contribution in [2.75, 3.05) is 0 Å². The average Bonchev–Trinajstić information content (AvgIpc) is 2.36. The Morgan fingerprint density at radius 1 is 1.31 bits per heavy atom. The van der Waals surface area contributed by atoms with Gasteiger partial charge in [-0.1, -0.05) is 19.9 Å². The number of hydrogen-bond donors (Lipinski definition) is 0. The lowest BCUT2D eigenvalue weighted by atomic mass is 10.0. The molecule has 0 spiro atoms. The van der Waals surface area contributed by atoms with Gasteiger partial charge in [-0.15, -0.1) is 0 Å². The van der Waals surface area contributed by atoms with E-state index >= 15 is 0 Å². The lowest BCUT2D eigenvalue weighted by Crippen LogP contribution is -2.24. The molecule has 1 fully saturated rings. The molecular formula is C11H18O2. The summed E-state index contributed by atoms with van der Waals surface area (Å²) in [5.74, 6) is 0.835. The first kappa shape index (κ1) is 10.3. The fraction of sp³-hybridized carbons (Fsp3) is 0.727. The number of allylic oxidation sites excluding steroid dienone is 1. The average molecular weight is 182 g/mol. The summed E-state index contributed by atoms with van der Waals surface area (Å²) in [7, 11) is 0. The summed E-state index contributed by atoms with van der Waals surface area (Å²) in [4.78, 5) is 11.2. The van der Waals surface area contributed by atoms with Crippen molar-refractivity contribution in [3.63, 3.8) is 0 Å². The number of carbonyl (C=O) groups is 1. The lowest BCUT2D eigenvalue weighted by Gasteiger charge is -2.19. The first-order valence-electron chi connectivity index (χ1n) is 4.98. The molecule has 1 rings (SSSR count). The molecule has 0 aliphatic heterocycles. The predicted octanol–water partition coefficient (Wildman–Crippen LogP) is 2.54. The molecule has 13 heavy (non-hydrogen) atoms. The molecule has 0 aromatic rings. The van der Waals surface area contributed by atoms with Crippen LogP contribution >= 0.6 is 0 Å². The third kappa shape index (κ3) is 2.58. The van der Waals surface area contributed by atoms with Gasteiger partial charge in [0, 0.05) is 6.08 Å². The van der Waals surface area contributed by atoms with E-state index in [2.05, 4.69) is 13.8 Å². The molecule has 0 N–H and O–H groups in total. The first-order valence-corrected chi connectivity index (χ1v) is 4.98. The van der Waals surface area contributed by atoms with Crippen LogP contribution in [0.4, 0.5) is 0 Å². The van der Waals surface area contributed by atoms with Crippen molar-refractivity contribution in [1.82, 2.24) is 0 Å². The Balaban J connectivity index is 2.47. The zero-order chi connectivity index (χ0) is 9.84. The van der Waals surface area contributed by atoms with Gasteiger partial charge in [0.25, 0.3) is 0 Å². The molecular weight excluding hydrogens is 164 g/mol. The van der Waals surface area contributed by atoms with Crippen LogP contribution in [0.5, 0.6) is 0 Å². The fourth-order valence-corrected chi connectivity index (χ4v) is 1.96. The third-order valence-electron chi connectivity index (χ3n) is 2.75. The summed E-state index contributed by atoms with van der Waals surface area (Å²) < 4.78 is 5.35. The van der Waals surface area contributed by atoms with Gasteiger partial charge in [-0.3, -0.25) is 0 Å². The molecule has 1 aliphatic carbocycles. The van der Waals surface area contributed by atoms with Crippen LogP contribution in [0.15, 0.2) is 12.2 Å². The first-order chi connectivity index (χ1) is 6.15. The molecule has 0 heterocycles. The maximum absolute atomic E-state index is 11.2. The highest BCUT2D eigenvalue weighted by molar-refractivity contribution is 5.81. The van der Waals surface area contributed by atoms with Crippen molar-refractivity contribution in [1.29, 1.82) is 0 Å². The number of ether oxygens (including phenoxy) is 1. The fourth-order valence-electron chi connectivity index (χ4n) is 1.96. The Kier molecular flexibility index (Phi) is 3.52. The zero-order valence-electron chi connectivity index (χ0n) is 8.62. The monoisotopic (exact) mass is 182 g/mol. The SMILES string of the molecule is C/C=C/C(=O)OC1C(C)CCC1C. The van der Waals surface area contributed by atoms with Crippen molar-refractivity contribution in [3.8, 4) is 0 Å². The molecule has 0 bridgehead atoms. The van der Waals surface area contributed by atoms with E-state index in [0.29, 0.717) is 11.8 Å². The van der Waals surface area contributed by atoms with Gasteiger partial charge in [-0.05, 0) is 31.6 Å². The Morgan fingerprint density at radius 3 is 2.31 bits per heavy atom. The molecule has 2 unspecified atom stereocenters. The van der Waals surface area contributed by atoms with Gasteiger partial charge in [0.2, 0.25) is 0 Å². The molecule has 1 aliphatic rings. The van der Waals surface area contributed by atoms with Gasteiger partial charge in [0.1, 0.15) is 6.10 Å². The van der Waals surface area contributed by atoms with Crippen LogP contribution < -0.4 is 0 Å². The van der Waals surface area contributed by atoms with E-state index < -0.39 is 0 Å². The topological polar surface area (TPSA) is 26.3 Å². The molecule has 2 heteroatoms. The van der Waals surface area contributed by atoms with Crippen LogP contribution in [-0.2, 0) is 9.53 Å². The number of esters is 1. The van der Waals surface area contributed by atoms with Gasteiger partial charge in [-0.2, -0.15) is 0 Å². The molecule has 1 saturated carbocycles. The summed E-state index contributed by atoms with van der Waals surface area (Å²) >= 11 is 0. The minimum absolute atomic E-state index is 0.128. The summed E-state index contributed by atoms with van der Waals surface area (Å²) in [6.07, 6.45) is 5.68. The Labute approximate surface area is 80.0 Å². The standard InChI is InChI=1S/C11H18O2/c1-4-5-10(12)13-11-8(2)6-7-9(11)3/h4-5,8-9,11H,6-7H2,1-3H3/b5-4+. The second kappa shape index (κ2) is 4.45. The predicted molar refractivity (Wildman–Crippen MR) is 52.3 cm³/mol. The number of hydrogen-bond acceptors (Lipinski definition) is 2. The van der Waals surface area contributed by atoms with Gasteiger partial charge in [0.05, 0.1) is 0 Å². The zero-order valence-corrected chi connectivity index (χ0v) is 8.62. The van der Waals surface area contributed by atoms with Crippen molar-refractivity contribution < 1.29 is 9.53 Å². The molecule has 0 amide bonds. The van der Waals surface area contributed by atoms with E-state index in [1.165, 1.54) is 18.9 Å². The molecule has 74 valence electrons. The molecule has 2 nitrogen and oxygen atoms in total. The molecule has 0 saturated heterocycles. The Hall–Kier alpha value is -0.790. The highest BCUT2D eigenvalue weighted by Crippen LogP contribution is 2.32. The summed E-state index contributed by atoms with van der Waals surface area (Å²) in [6.45, 7) is 6.12. The molecule has 0 aromatic heterocycles. The highest BCUT2D eigenvalue weighted by atomic mass is 16.5. The third-order valence-corrected chi connectivity index (χ3v) is 2.75. The Bertz CT molecular complexity index is 198. The second-order valence-corrected chi connectivity index (χ2v) is 3.93. The lowest BCUT2D eigenvalue weighted by molar-refractivity contribution is -0.146. The number of carbonyl (C=O) groups excluding carboxylic acids is 1. The summed E-state index contributed by atoms with van der Waals surface area (Å²) in [5, 5.41) is 0. The smallest absolute Gasteiger partial charge is 0.330 e. The van der Waals surface area contributed by atoms with Crippen LogP contribution in [-0.4, -0.2) is 12.1 Å². The van der Waals surface area contributed by atoms with E-state index in [0.717, 1.165) is 0 Å². The number of rotatable bonds is 2.